The molecule has 0 amide bonds. The second-order valence-electron chi connectivity index (χ2n) is 28.7. The minimum absolute atomic E-state index is 0.105. The number of esters is 4. The molecule has 0 saturated carbocycles. The van der Waals surface area contributed by atoms with Gasteiger partial charge in [0.15, 0.2) is 12.2 Å². The van der Waals surface area contributed by atoms with E-state index in [0.29, 0.717) is 25.7 Å². The number of hydrogen-bond acceptors (Lipinski definition) is 15. The summed E-state index contributed by atoms with van der Waals surface area (Å²) in [6.07, 6.45) is 54.1. The predicted molar refractivity (Wildman–Crippen MR) is 391 cm³/mol. The molecule has 0 aromatic carbocycles. The Morgan fingerprint density at radius 1 is 0.302 bits per heavy atom. The molecule has 0 aromatic heterocycles. The van der Waals surface area contributed by atoms with Crippen LogP contribution in [0.1, 0.15) is 395 Å². The number of aliphatic hydroxyl groups excluding tert-OH is 1. The Bertz CT molecular complexity index is 1870. The summed E-state index contributed by atoms with van der Waals surface area (Å²) >= 11 is 0. The third-order valence-corrected chi connectivity index (χ3v) is 20.5. The van der Waals surface area contributed by atoms with Gasteiger partial charge in [-0.05, 0) is 43.4 Å². The highest BCUT2D eigenvalue weighted by atomic mass is 31.2. The Balaban J connectivity index is 5.25. The van der Waals surface area contributed by atoms with Crippen LogP contribution in [0.5, 0.6) is 0 Å². The first-order chi connectivity index (χ1) is 46.3. The van der Waals surface area contributed by atoms with Crippen molar-refractivity contribution in [3.63, 3.8) is 0 Å². The van der Waals surface area contributed by atoms with Gasteiger partial charge >= 0.3 is 39.5 Å². The Hall–Kier alpha value is -1.94. The van der Waals surface area contributed by atoms with Crippen LogP contribution < -0.4 is 0 Å². The Morgan fingerprint density at radius 3 is 0.792 bits per heavy atom. The second kappa shape index (κ2) is 67.5. The molecule has 96 heavy (non-hydrogen) atoms. The molecule has 0 aliphatic rings. The average Bonchev–Trinajstić information content (AvgIpc) is 1.67. The van der Waals surface area contributed by atoms with Gasteiger partial charge in [-0.25, -0.2) is 9.13 Å². The maximum atomic E-state index is 13.1. The van der Waals surface area contributed by atoms with Crippen LogP contribution in [0.25, 0.3) is 0 Å². The largest absolute Gasteiger partial charge is 0.472 e. The summed E-state index contributed by atoms with van der Waals surface area (Å²) in [6.45, 7) is 11.9. The summed E-state index contributed by atoms with van der Waals surface area (Å²) < 4.78 is 68.6. The molecule has 0 rings (SSSR count). The lowest BCUT2D eigenvalue weighted by Crippen LogP contribution is -2.30. The van der Waals surface area contributed by atoms with Gasteiger partial charge in [0, 0.05) is 25.7 Å². The normalized spacial score (nSPS) is 14.6. The van der Waals surface area contributed by atoms with Crippen molar-refractivity contribution in [2.24, 2.45) is 17.8 Å². The van der Waals surface area contributed by atoms with Gasteiger partial charge < -0.3 is 33.8 Å². The van der Waals surface area contributed by atoms with Crippen LogP contribution in [0.4, 0.5) is 0 Å². The summed E-state index contributed by atoms with van der Waals surface area (Å²) in [5.41, 5.74) is 0. The highest BCUT2D eigenvalue weighted by molar-refractivity contribution is 7.47. The fourth-order valence-corrected chi connectivity index (χ4v) is 13.3. The van der Waals surface area contributed by atoms with Gasteiger partial charge in [0.1, 0.15) is 19.3 Å². The van der Waals surface area contributed by atoms with Gasteiger partial charge in [-0.3, -0.25) is 37.3 Å². The number of rotatable bonds is 75. The smallest absolute Gasteiger partial charge is 0.462 e. The van der Waals surface area contributed by atoms with Crippen LogP contribution in [-0.4, -0.2) is 96.7 Å². The van der Waals surface area contributed by atoms with E-state index in [1.165, 1.54) is 199 Å². The van der Waals surface area contributed by atoms with Crippen LogP contribution in [0, 0.1) is 17.8 Å². The number of hydrogen-bond donors (Lipinski definition) is 3. The molecule has 0 heterocycles. The van der Waals surface area contributed by atoms with Gasteiger partial charge in [0.25, 0.3) is 0 Å². The maximum Gasteiger partial charge on any atom is 0.472 e. The average molecular weight is 1410 g/mol. The molecule has 0 spiro atoms. The molecule has 4 unspecified atom stereocenters. The molecule has 0 aliphatic carbocycles. The Labute approximate surface area is 588 Å². The number of unbranched alkanes of at least 4 members (excludes halogenated alkanes) is 41. The number of carbonyl (C=O) groups excluding carboxylic acids is 4. The van der Waals surface area contributed by atoms with E-state index in [0.717, 1.165) is 114 Å². The molecule has 0 radical (unpaired) electrons. The van der Waals surface area contributed by atoms with Crippen molar-refractivity contribution in [1.82, 2.24) is 0 Å². The van der Waals surface area contributed by atoms with E-state index in [9.17, 15) is 43.2 Å². The van der Waals surface area contributed by atoms with Crippen molar-refractivity contribution in [2.45, 2.75) is 414 Å². The fourth-order valence-electron chi connectivity index (χ4n) is 11.7. The lowest BCUT2D eigenvalue weighted by atomic mass is 9.99. The van der Waals surface area contributed by atoms with Crippen LogP contribution in [0.15, 0.2) is 0 Å². The second-order valence-corrected chi connectivity index (χ2v) is 31.6. The monoisotopic (exact) mass is 1410 g/mol. The van der Waals surface area contributed by atoms with Gasteiger partial charge in [-0.15, -0.1) is 0 Å². The lowest BCUT2D eigenvalue weighted by Gasteiger charge is -2.21. The van der Waals surface area contributed by atoms with Crippen molar-refractivity contribution in [1.29, 1.82) is 0 Å². The van der Waals surface area contributed by atoms with E-state index in [2.05, 4.69) is 48.5 Å². The van der Waals surface area contributed by atoms with E-state index in [1.54, 1.807) is 0 Å². The molecule has 3 N–H and O–H groups in total. The van der Waals surface area contributed by atoms with Crippen molar-refractivity contribution in [3.8, 4) is 0 Å². The van der Waals surface area contributed by atoms with Crippen LogP contribution in [0.3, 0.4) is 0 Å². The topological polar surface area (TPSA) is 237 Å². The first kappa shape index (κ1) is 94.1. The molecule has 19 heteroatoms. The summed E-state index contributed by atoms with van der Waals surface area (Å²) in [5.74, 6) is 0.174. The number of phosphoric ester groups is 2. The SMILES string of the molecule is CCCCCCCCCCCCCCCCCCCCCC(=O)O[C@H](COC(=O)CCCCCCCCCCCCC(C)CC)COP(=O)(O)OC[C@@H](O)COP(=O)(O)OC[C@@H](COC(=O)CCCCCCCCC(C)CC)OC(=O)CCCCCCCCCCCCC(C)C. The lowest BCUT2D eigenvalue weighted by molar-refractivity contribution is -0.161. The number of ether oxygens (including phenoxy) is 4. The van der Waals surface area contributed by atoms with Gasteiger partial charge in [0.05, 0.1) is 26.4 Å². The van der Waals surface area contributed by atoms with Gasteiger partial charge in [0.2, 0.25) is 0 Å². The van der Waals surface area contributed by atoms with Gasteiger partial charge in [-0.2, -0.15) is 0 Å². The van der Waals surface area contributed by atoms with Crippen LogP contribution in [-0.2, 0) is 65.4 Å². The summed E-state index contributed by atoms with van der Waals surface area (Å²) in [6, 6.07) is 0. The molecular formula is C77H150O17P2. The van der Waals surface area contributed by atoms with Crippen molar-refractivity contribution in [2.75, 3.05) is 39.6 Å². The number of carbonyl (C=O) groups is 4. The van der Waals surface area contributed by atoms with Gasteiger partial charge in [-0.1, -0.05) is 344 Å². The molecule has 0 aliphatic heterocycles. The third kappa shape index (κ3) is 67.9. The quantitative estimate of drug-likeness (QED) is 0.0222. The summed E-state index contributed by atoms with van der Waals surface area (Å²) in [5, 5.41) is 10.6. The van der Waals surface area contributed by atoms with Crippen molar-refractivity contribution in [3.05, 3.63) is 0 Å². The first-order valence-electron chi connectivity index (χ1n) is 39.9. The van der Waals surface area contributed by atoms with Crippen molar-refractivity contribution < 1.29 is 80.2 Å². The molecular weight excluding hydrogens is 1260 g/mol. The minimum Gasteiger partial charge on any atom is -0.462 e. The molecule has 17 nitrogen and oxygen atoms in total. The fraction of sp³-hybridized carbons (Fsp3) is 0.948. The highest BCUT2D eigenvalue weighted by Gasteiger charge is 2.30. The molecule has 0 fully saturated rings. The third-order valence-electron chi connectivity index (χ3n) is 18.6. The Morgan fingerprint density at radius 2 is 0.531 bits per heavy atom. The molecule has 0 saturated heterocycles. The Kier molecular flexibility index (Phi) is 66.2. The zero-order chi connectivity index (χ0) is 70.9. The van der Waals surface area contributed by atoms with E-state index in [1.807, 2.05) is 0 Å². The number of phosphoric acid groups is 2. The van der Waals surface area contributed by atoms with E-state index >= 15 is 0 Å². The standard InChI is InChI=1S/C77H150O17P2/c1-8-11-12-13-14-15-16-17-18-19-20-21-22-23-24-32-37-46-53-60-76(81)93-72(64-87-74(79)58-51-44-36-31-28-26-30-35-42-49-56-69(6)9-2)66-91-95(83,84)89-62-71(78)63-90-96(85,86)92-67-73(65-88-75(80)59-52-45-40-39-43-50-57-70(7)10-3)94-77(82)61-54-47-38-33-27-25-29-34-41-48-55-68(4)5/h68-73,78H,8-67H2,1-7H3,(H,83,84)(H,85,86)/t69?,70?,71-,72-,73-/m1/s1. The van der Waals surface area contributed by atoms with E-state index in [-0.39, 0.29) is 25.7 Å². The number of aliphatic hydroxyl groups is 1. The predicted octanol–water partition coefficient (Wildman–Crippen LogP) is 22.6. The zero-order valence-electron chi connectivity index (χ0n) is 62.8. The molecule has 7 atom stereocenters. The molecule has 0 bridgehead atoms. The van der Waals surface area contributed by atoms with Crippen LogP contribution >= 0.6 is 15.6 Å². The molecule has 0 aromatic rings. The van der Waals surface area contributed by atoms with Crippen LogP contribution in [0.2, 0.25) is 0 Å². The molecule has 570 valence electrons. The summed E-state index contributed by atoms with van der Waals surface area (Å²) in [4.78, 5) is 72.9. The maximum absolute atomic E-state index is 13.1. The van der Waals surface area contributed by atoms with E-state index < -0.39 is 97.5 Å². The van der Waals surface area contributed by atoms with Crippen molar-refractivity contribution >= 4 is 39.5 Å². The zero-order valence-corrected chi connectivity index (χ0v) is 64.6. The first-order valence-corrected chi connectivity index (χ1v) is 42.9. The minimum atomic E-state index is -4.96. The summed E-state index contributed by atoms with van der Waals surface area (Å²) in [7, 11) is -9.91. The highest BCUT2D eigenvalue weighted by Crippen LogP contribution is 2.45. The van der Waals surface area contributed by atoms with E-state index in [4.69, 9.17) is 37.0 Å².